The van der Waals surface area contributed by atoms with E-state index in [4.69, 9.17) is 17.2 Å². The van der Waals surface area contributed by atoms with Crippen molar-refractivity contribution in [3.8, 4) is 0 Å². The Bertz CT molecular complexity index is 642. The number of rotatable bonds is 3. The molecule has 0 spiro atoms. The Balaban J connectivity index is 2.10. The molecule has 0 saturated heterocycles. The maximum absolute atomic E-state index is 5.81. The van der Waals surface area contributed by atoms with Crippen LogP contribution in [0.1, 0.15) is 0 Å². The molecule has 3 aromatic carbocycles. The molecule has 0 unspecified atom stereocenters. The molecule has 0 aliphatic heterocycles. The summed E-state index contributed by atoms with van der Waals surface area (Å²) in [6.07, 6.45) is 0. The van der Waals surface area contributed by atoms with Gasteiger partial charge in [0, 0.05) is 17.1 Å². The lowest BCUT2D eigenvalue weighted by atomic mass is 10.3. The van der Waals surface area contributed by atoms with E-state index in [9.17, 15) is 0 Å². The van der Waals surface area contributed by atoms with Crippen LogP contribution in [0.2, 0.25) is 0 Å². The largest absolute Gasteiger partial charge is 0.399 e. The summed E-state index contributed by atoms with van der Waals surface area (Å²) in [7, 11) is -0.206. The monoisotopic (exact) mass is 308 g/mol. The van der Waals surface area contributed by atoms with Gasteiger partial charge in [0.1, 0.15) is 0 Å². The summed E-state index contributed by atoms with van der Waals surface area (Å²) >= 11 is 0. The van der Waals surface area contributed by atoms with Crippen LogP contribution in [0, 0.1) is 0 Å². The molecule has 0 amide bonds. The van der Waals surface area contributed by atoms with Crippen molar-refractivity contribution >= 4 is 28.0 Å². The van der Waals surface area contributed by atoms with Crippen LogP contribution in [-0.2, 0) is 10.9 Å². The van der Waals surface area contributed by atoms with Crippen LogP contribution in [0.25, 0.3) is 0 Å². The molecule has 3 aromatic rings. The fourth-order valence-corrected chi connectivity index (χ4v) is 4.26. The van der Waals surface area contributed by atoms with Crippen molar-refractivity contribution in [1.29, 1.82) is 0 Å². The van der Waals surface area contributed by atoms with Gasteiger partial charge in [-0.1, -0.05) is 0 Å². The lowest BCUT2D eigenvalue weighted by Gasteiger charge is -2.08. The van der Waals surface area contributed by atoms with E-state index >= 15 is 0 Å². The van der Waals surface area contributed by atoms with Gasteiger partial charge >= 0.3 is 0 Å². The predicted molar refractivity (Wildman–Crippen MR) is 94.7 cm³/mol. The summed E-state index contributed by atoms with van der Waals surface area (Å²) in [6.45, 7) is 0. The quantitative estimate of drug-likeness (QED) is 0.511. The average molecular weight is 308 g/mol. The van der Waals surface area contributed by atoms with Crippen molar-refractivity contribution in [2.45, 2.75) is 14.7 Å². The van der Waals surface area contributed by atoms with Gasteiger partial charge in [-0.05, 0) is 72.8 Å². The SMILES string of the molecule is Nc1ccc([S+](c2ccc(N)cc2)c2ccc(N)cc2)cc1. The standard InChI is InChI=1S/C18H18N3S/c19-13-1-7-16(8-2-13)22(17-9-3-14(20)4-10-17)18-11-5-15(21)6-12-18/h1-12H,19-21H2/q+1. The van der Waals surface area contributed by atoms with Crippen molar-refractivity contribution in [2.24, 2.45) is 0 Å². The van der Waals surface area contributed by atoms with Gasteiger partial charge in [0.15, 0.2) is 14.7 Å². The minimum absolute atomic E-state index is 0.206. The number of hydrogen-bond donors (Lipinski definition) is 3. The molecular weight excluding hydrogens is 290 g/mol. The summed E-state index contributed by atoms with van der Waals surface area (Å²) in [6, 6.07) is 24.1. The highest BCUT2D eigenvalue weighted by Gasteiger charge is 2.28. The lowest BCUT2D eigenvalue weighted by Crippen LogP contribution is -2.05. The summed E-state index contributed by atoms with van der Waals surface area (Å²) in [5.41, 5.74) is 19.7. The van der Waals surface area contributed by atoms with Crippen LogP contribution in [0.5, 0.6) is 0 Å². The summed E-state index contributed by atoms with van der Waals surface area (Å²) < 4.78 is 0. The zero-order valence-corrected chi connectivity index (χ0v) is 12.9. The van der Waals surface area contributed by atoms with Crippen LogP contribution in [0.3, 0.4) is 0 Å². The fourth-order valence-electron chi connectivity index (χ4n) is 2.22. The number of nitrogen functional groups attached to an aromatic ring is 3. The lowest BCUT2D eigenvalue weighted by molar-refractivity contribution is 1.32. The van der Waals surface area contributed by atoms with Crippen LogP contribution >= 0.6 is 0 Å². The number of benzene rings is 3. The zero-order valence-electron chi connectivity index (χ0n) is 12.1. The maximum Gasteiger partial charge on any atom is 0.166 e. The Hall–Kier alpha value is -2.59. The van der Waals surface area contributed by atoms with Crippen LogP contribution in [-0.4, -0.2) is 0 Å². The molecule has 0 aliphatic rings. The van der Waals surface area contributed by atoms with E-state index in [1.54, 1.807) is 0 Å². The molecule has 0 fully saturated rings. The van der Waals surface area contributed by atoms with Gasteiger partial charge in [-0.2, -0.15) is 0 Å². The van der Waals surface area contributed by atoms with Gasteiger partial charge in [0.25, 0.3) is 0 Å². The molecule has 4 heteroatoms. The fraction of sp³-hybridized carbons (Fsp3) is 0. The van der Waals surface area contributed by atoms with Crippen molar-refractivity contribution in [3.05, 3.63) is 72.8 Å². The third kappa shape index (κ3) is 3.02. The van der Waals surface area contributed by atoms with Crippen LogP contribution in [0.4, 0.5) is 17.1 Å². The Labute approximate surface area is 133 Å². The van der Waals surface area contributed by atoms with Crippen molar-refractivity contribution in [2.75, 3.05) is 17.2 Å². The van der Waals surface area contributed by atoms with Gasteiger partial charge in [-0.15, -0.1) is 0 Å². The molecule has 0 aromatic heterocycles. The summed E-state index contributed by atoms with van der Waals surface area (Å²) in [5.74, 6) is 0. The zero-order chi connectivity index (χ0) is 15.5. The van der Waals surface area contributed by atoms with E-state index in [0.717, 1.165) is 17.1 Å². The second kappa shape index (κ2) is 6.03. The van der Waals surface area contributed by atoms with Crippen LogP contribution in [0.15, 0.2) is 87.5 Å². The topological polar surface area (TPSA) is 78.1 Å². The Morgan fingerprint density at radius 3 is 0.864 bits per heavy atom. The Morgan fingerprint density at radius 2 is 0.636 bits per heavy atom. The van der Waals surface area contributed by atoms with E-state index < -0.39 is 0 Å². The van der Waals surface area contributed by atoms with E-state index in [1.807, 2.05) is 36.4 Å². The molecule has 0 atom stereocenters. The molecule has 0 aliphatic carbocycles. The van der Waals surface area contributed by atoms with E-state index in [2.05, 4.69) is 36.4 Å². The second-order valence-electron chi connectivity index (χ2n) is 5.01. The first-order chi connectivity index (χ1) is 10.6. The molecule has 22 heavy (non-hydrogen) atoms. The first kappa shape index (κ1) is 14.4. The van der Waals surface area contributed by atoms with Gasteiger partial charge in [-0.3, -0.25) is 0 Å². The summed E-state index contributed by atoms with van der Waals surface area (Å²) in [4.78, 5) is 3.64. The maximum atomic E-state index is 5.81. The van der Waals surface area contributed by atoms with Gasteiger partial charge in [0.05, 0.1) is 10.9 Å². The molecule has 0 radical (unpaired) electrons. The van der Waals surface area contributed by atoms with Crippen molar-refractivity contribution in [3.63, 3.8) is 0 Å². The molecule has 0 bridgehead atoms. The molecule has 0 heterocycles. The minimum atomic E-state index is -0.206. The Kier molecular flexibility index (Phi) is 3.94. The molecular formula is C18H18N3S+. The molecule has 3 nitrogen and oxygen atoms in total. The van der Waals surface area contributed by atoms with Gasteiger partial charge < -0.3 is 17.2 Å². The third-order valence-corrected chi connectivity index (χ3v) is 5.58. The predicted octanol–water partition coefficient (Wildman–Crippen LogP) is 3.53. The van der Waals surface area contributed by atoms with Crippen molar-refractivity contribution < 1.29 is 0 Å². The third-order valence-electron chi connectivity index (χ3n) is 3.35. The molecule has 6 N–H and O–H groups in total. The van der Waals surface area contributed by atoms with E-state index in [1.165, 1.54) is 14.7 Å². The highest BCUT2D eigenvalue weighted by atomic mass is 32.2. The van der Waals surface area contributed by atoms with Crippen molar-refractivity contribution in [1.82, 2.24) is 0 Å². The first-order valence-electron chi connectivity index (χ1n) is 6.94. The molecule has 110 valence electrons. The van der Waals surface area contributed by atoms with E-state index in [-0.39, 0.29) is 10.9 Å². The van der Waals surface area contributed by atoms with Gasteiger partial charge in [0.2, 0.25) is 0 Å². The number of anilines is 3. The second-order valence-corrected chi connectivity index (χ2v) is 7.04. The first-order valence-corrected chi connectivity index (χ1v) is 8.17. The Morgan fingerprint density at radius 1 is 0.409 bits per heavy atom. The minimum Gasteiger partial charge on any atom is -0.399 e. The number of nitrogens with two attached hydrogens (primary N) is 3. The smallest absolute Gasteiger partial charge is 0.166 e. The van der Waals surface area contributed by atoms with E-state index in [0.29, 0.717) is 0 Å². The average Bonchev–Trinajstić information content (AvgIpc) is 2.53. The highest BCUT2D eigenvalue weighted by Crippen LogP contribution is 2.32. The molecule has 0 saturated carbocycles. The normalized spacial score (nSPS) is 10.8. The summed E-state index contributed by atoms with van der Waals surface area (Å²) in [5, 5.41) is 0. The highest BCUT2D eigenvalue weighted by molar-refractivity contribution is 7.97. The van der Waals surface area contributed by atoms with Crippen LogP contribution < -0.4 is 17.2 Å². The van der Waals surface area contributed by atoms with Gasteiger partial charge in [-0.25, -0.2) is 0 Å². The number of hydrogen-bond acceptors (Lipinski definition) is 3. The molecule has 3 rings (SSSR count).